The molecule has 0 aromatic rings. The van der Waals surface area contributed by atoms with Crippen molar-refractivity contribution in [2.75, 3.05) is 19.6 Å². The molecule has 1 saturated carbocycles. The van der Waals surface area contributed by atoms with Crippen LogP contribution in [0.2, 0.25) is 0 Å². The second-order valence-corrected chi connectivity index (χ2v) is 4.85. The lowest BCUT2D eigenvalue weighted by atomic mass is 10.1. The van der Waals surface area contributed by atoms with Crippen molar-refractivity contribution >= 4 is 5.91 Å². The number of hydrogen-bond donors (Lipinski definition) is 2. The third-order valence-corrected chi connectivity index (χ3v) is 3.05. The Bertz CT molecular complexity index is 227. The van der Waals surface area contributed by atoms with Crippen molar-refractivity contribution in [1.29, 1.82) is 0 Å². The first-order valence-electron chi connectivity index (χ1n) is 6.24. The zero-order chi connectivity index (χ0) is 12.1. The highest BCUT2D eigenvalue weighted by molar-refractivity contribution is 5.78. The monoisotopic (exact) mass is 228 g/mol. The average Bonchev–Trinajstić information content (AvgIpc) is 3.02. The van der Waals surface area contributed by atoms with Gasteiger partial charge in [-0.25, -0.2) is 0 Å². The summed E-state index contributed by atoms with van der Waals surface area (Å²) < 4.78 is 0. The molecule has 1 fully saturated rings. The lowest BCUT2D eigenvalue weighted by Crippen LogP contribution is -2.42. The Labute approximate surface area is 98.0 Å². The summed E-state index contributed by atoms with van der Waals surface area (Å²) >= 11 is 0. The van der Waals surface area contributed by atoms with Crippen molar-refractivity contribution in [3.05, 3.63) is 0 Å². The van der Waals surface area contributed by atoms with Crippen molar-refractivity contribution in [2.45, 2.75) is 45.8 Å². The maximum atomic E-state index is 11.8. The molecule has 0 heterocycles. The van der Waals surface area contributed by atoms with Gasteiger partial charge in [0.05, 0.1) is 12.6 Å². The van der Waals surface area contributed by atoms with Crippen LogP contribution in [0.4, 0.5) is 0 Å². The highest BCUT2D eigenvalue weighted by atomic mass is 16.3. The van der Waals surface area contributed by atoms with Gasteiger partial charge >= 0.3 is 0 Å². The van der Waals surface area contributed by atoms with E-state index in [2.05, 4.69) is 5.32 Å². The number of aliphatic hydroxyl groups is 1. The summed E-state index contributed by atoms with van der Waals surface area (Å²) in [6, 6.07) is 0.481. The van der Waals surface area contributed by atoms with E-state index in [9.17, 15) is 9.90 Å². The first-order valence-corrected chi connectivity index (χ1v) is 6.24. The molecule has 1 amide bonds. The Kier molecular flexibility index (Phi) is 5.22. The Morgan fingerprint density at radius 2 is 2.12 bits per heavy atom. The summed E-state index contributed by atoms with van der Waals surface area (Å²) in [5.74, 6) is 0.384. The number of hydrogen-bond acceptors (Lipinski definition) is 3. The van der Waals surface area contributed by atoms with Gasteiger partial charge in [-0.2, -0.15) is 0 Å². The van der Waals surface area contributed by atoms with E-state index in [1.807, 2.05) is 25.7 Å². The second kappa shape index (κ2) is 6.21. The van der Waals surface area contributed by atoms with Crippen LogP contribution in [0.1, 0.15) is 33.6 Å². The third-order valence-electron chi connectivity index (χ3n) is 3.05. The predicted molar refractivity (Wildman–Crippen MR) is 64.1 cm³/mol. The molecule has 4 heteroatoms. The lowest BCUT2D eigenvalue weighted by molar-refractivity contribution is -0.130. The summed E-state index contributed by atoms with van der Waals surface area (Å²) in [7, 11) is 0. The molecule has 0 aromatic carbocycles. The molecule has 1 atom stereocenters. The Balaban J connectivity index is 2.18. The van der Waals surface area contributed by atoms with Gasteiger partial charge in [-0.3, -0.25) is 4.79 Å². The minimum atomic E-state index is -0.371. The van der Waals surface area contributed by atoms with Crippen LogP contribution in [0.25, 0.3) is 0 Å². The van der Waals surface area contributed by atoms with Gasteiger partial charge in [0.2, 0.25) is 5.91 Å². The Morgan fingerprint density at radius 1 is 1.50 bits per heavy atom. The number of carbonyl (C=O) groups is 1. The fraction of sp³-hybridized carbons (Fsp3) is 0.917. The SMILES string of the molecule is CCN(C(=O)CNCC(O)C(C)C)C1CC1. The minimum Gasteiger partial charge on any atom is -0.392 e. The minimum absolute atomic E-state index is 0.154. The maximum Gasteiger partial charge on any atom is 0.236 e. The summed E-state index contributed by atoms with van der Waals surface area (Å²) in [4.78, 5) is 13.7. The van der Waals surface area contributed by atoms with Crippen LogP contribution in [0, 0.1) is 5.92 Å². The summed E-state index contributed by atoms with van der Waals surface area (Å²) in [5.41, 5.74) is 0. The normalized spacial score (nSPS) is 17.6. The van der Waals surface area contributed by atoms with Gasteiger partial charge in [0, 0.05) is 19.1 Å². The van der Waals surface area contributed by atoms with Gasteiger partial charge in [-0.15, -0.1) is 0 Å². The molecule has 16 heavy (non-hydrogen) atoms. The molecule has 4 nitrogen and oxygen atoms in total. The molecule has 0 aliphatic heterocycles. The van der Waals surface area contributed by atoms with Crippen molar-refractivity contribution < 1.29 is 9.90 Å². The van der Waals surface area contributed by atoms with Gasteiger partial charge in [0.15, 0.2) is 0 Å². The molecule has 1 aliphatic rings. The molecule has 94 valence electrons. The Hall–Kier alpha value is -0.610. The zero-order valence-electron chi connectivity index (χ0n) is 10.6. The third kappa shape index (κ3) is 4.10. The topological polar surface area (TPSA) is 52.6 Å². The summed E-state index contributed by atoms with van der Waals surface area (Å²) in [6.07, 6.45) is 1.92. The molecular formula is C12H24N2O2. The second-order valence-electron chi connectivity index (χ2n) is 4.85. The first-order chi connectivity index (χ1) is 7.56. The molecular weight excluding hydrogens is 204 g/mol. The quantitative estimate of drug-likeness (QED) is 0.671. The molecule has 1 unspecified atom stereocenters. The van der Waals surface area contributed by atoms with E-state index in [-0.39, 0.29) is 17.9 Å². The van der Waals surface area contributed by atoms with Gasteiger partial charge in [-0.05, 0) is 25.7 Å². The molecule has 0 bridgehead atoms. The highest BCUT2D eigenvalue weighted by Gasteiger charge is 2.30. The van der Waals surface area contributed by atoms with Crippen molar-refractivity contribution in [3.63, 3.8) is 0 Å². The molecule has 1 rings (SSSR count). The van der Waals surface area contributed by atoms with E-state index in [4.69, 9.17) is 0 Å². The average molecular weight is 228 g/mol. The van der Waals surface area contributed by atoms with Gasteiger partial charge < -0.3 is 15.3 Å². The van der Waals surface area contributed by atoms with Crippen LogP contribution in [-0.2, 0) is 4.79 Å². The Morgan fingerprint density at radius 3 is 2.56 bits per heavy atom. The van der Waals surface area contributed by atoms with Crippen LogP contribution in [0.5, 0.6) is 0 Å². The fourth-order valence-corrected chi connectivity index (χ4v) is 1.69. The molecule has 0 radical (unpaired) electrons. The number of amides is 1. The highest BCUT2D eigenvalue weighted by Crippen LogP contribution is 2.26. The largest absolute Gasteiger partial charge is 0.392 e. The number of rotatable bonds is 7. The van der Waals surface area contributed by atoms with Crippen LogP contribution in [0.15, 0.2) is 0 Å². The number of likely N-dealkylation sites (N-methyl/N-ethyl adjacent to an activating group) is 1. The van der Waals surface area contributed by atoms with E-state index in [1.54, 1.807) is 0 Å². The maximum absolute atomic E-state index is 11.8. The van der Waals surface area contributed by atoms with Crippen molar-refractivity contribution in [2.24, 2.45) is 5.92 Å². The van der Waals surface area contributed by atoms with Crippen LogP contribution >= 0.6 is 0 Å². The molecule has 0 saturated heterocycles. The number of carbonyl (C=O) groups excluding carboxylic acids is 1. The van der Waals surface area contributed by atoms with E-state index in [1.165, 1.54) is 0 Å². The smallest absolute Gasteiger partial charge is 0.236 e. The summed E-state index contributed by atoms with van der Waals surface area (Å²) in [5, 5.41) is 12.6. The van der Waals surface area contributed by atoms with Gasteiger partial charge in [0.1, 0.15) is 0 Å². The van der Waals surface area contributed by atoms with E-state index in [0.29, 0.717) is 19.1 Å². The van der Waals surface area contributed by atoms with E-state index in [0.717, 1.165) is 19.4 Å². The molecule has 0 spiro atoms. The fourth-order valence-electron chi connectivity index (χ4n) is 1.69. The number of nitrogens with zero attached hydrogens (tertiary/aromatic N) is 1. The standard InChI is InChI=1S/C12H24N2O2/c1-4-14(10-5-6-10)12(16)8-13-7-11(15)9(2)3/h9-11,13,15H,4-8H2,1-3H3. The predicted octanol–water partition coefficient (Wildman–Crippen LogP) is 0.604. The zero-order valence-corrected chi connectivity index (χ0v) is 10.6. The summed E-state index contributed by atoms with van der Waals surface area (Å²) in [6.45, 7) is 7.57. The van der Waals surface area contributed by atoms with Crippen molar-refractivity contribution in [1.82, 2.24) is 10.2 Å². The van der Waals surface area contributed by atoms with Gasteiger partial charge in [-0.1, -0.05) is 13.8 Å². The first kappa shape index (κ1) is 13.5. The molecule has 2 N–H and O–H groups in total. The van der Waals surface area contributed by atoms with Crippen molar-refractivity contribution in [3.8, 4) is 0 Å². The van der Waals surface area contributed by atoms with E-state index >= 15 is 0 Å². The number of aliphatic hydroxyl groups excluding tert-OH is 1. The number of nitrogens with one attached hydrogen (secondary N) is 1. The van der Waals surface area contributed by atoms with Crippen LogP contribution < -0.4 is 5.32 Å². The molecule has 1 aliphatic carbocycles. The van der Waals surface area contributed by atoms with Crippen LogP contribution in [0.3, 0.4) is 0 Å². The van der Waals surface area contributed by atoms with E-state index < -0.39 is 0 Å². The van der Waals surface area contributed by atoms with Crippen LogP contribution in [-0.4, -0.2) is 47.7 Å². The lowest BCUT2D eigenvalue weighted by Gasteiger charge is -2.21. The molecule has 0 aromatic heterocycles. The van der Waals surface area contributed by atoms with Gasteiger partial charge in [0.25, 0.3) is 0 Å².